The van der Waals surface area contributed by atoms with Crippen LogP contribution >= 0.6 is 55.0 Å². The smallest absolute Gasteiger partial charge is 0.266 e. The van der Waals surface area contributed by atoms with Crippen molar-refractivity contribution in [1.82, 2.24) is 3.96 Å². The molecule has 0 saturated heterocycles. The monoisotopic (exact) mass is 395 g/mol. The van der Waals surface area contributed by atoms with Gasteiger partial charge >= 0.3 is 0 Å². The summed E-state index contributed by atoms with van der Waals surface area (Å²) in [5, 5.41) is 0.933. The Hall–Kier alpha value is -0.100. The highest BCUT2D eigenvalue weighted by atomic mass is 79.9. The maximum absolute atomic E-state index is 12.0. The van der Waals surface area contributed by atoms with Gasteiger partial charge in [0, 0.05) is 5.33 Å². The standard InChI is InChI=1S/C11H8Br2ClNOS/c1-6-3-2-4-7(5-12)9(6)15-11(16)8(14)10(13)17-15/h2-4H,5H2,1H3. The molecule has 0 N–H and O–H groups in total. The molecule has 90 valence electrons. The maximum atomic E-state index is 12.0. The summed E-state index contributed by atoms with van der Waals surface area (Å²) in [5.74, 6) is 0. The number of para-hydroxylation sites is 1. The average molecular weight is 398 g/mol. The fourth-order valence-corrected chi connectivity index (χ4v) is 3.75. The van der Waals surface area contributed by atoms with Crippen molar-refractivity contribution >= 4 is 55.0 Å². The first-order chi connectivity index (χ1) is 8.06. The number of hydrogen-bond donors (Lipinski definition) is 0. The Morgan fingerprint density at radius 1 is 1.47 bits per heavy atom. The number of nitrogens with zero attached hydrogens (tertiary/aromatic N) is 1. The molecular weight excluding hydrogens is 389 g/mol. The van der Waals surface area contributed by atoms with Crippen LogP contribution in [0.2, 0.25) is 5.02 Å². The van der Waals surface area contributed by atoms with Crippen LogP contribution in [0.15, 0.2) is 26.8 Å². The second kappa shape index (κ2) is 5.26. The molecule has 0 amide bonds. The molecule has 2 nitrogen and oxygen atoms in total. The molecule has 1 heterocycles. The van der Waals surface area contributed by atoms with Crippen molar-refractivity contribution in [3.05, 3.63) is 48.5 Å². The Balaban J connectivity index is 2.76. The first-order valence-electron chi connectivity index (χ1n) is 4.78. The number of aromatic nitrogens is 1. The van der Waals surface area contributed by atoms with Crippen LogP contribution in [-0.2, 0) is 5.33 Å². The van der Waals surface area contributed by atoms with Gasteiger partial charge in [0.25, 0.3) is 5.56 Å². The zero-order chi connectivity index (χ0) is 12.6. The lowest BCUT2D eigenvalue weighted by Crippen LogP contribution is -2.13. The normalized spacial score (nSPS) is 10.8. The van der Waals surface area contributed by atoms with Crippen molar-refractivity contribution < 1.29 is 0 Å². The van der Waals surface area contributed by atoms with Crippen molar-refractivity contribution in [2.24, 2.45) is 0 Å². The van der Waals surface area contributed by atoms with E-state index in [4.69, 9.17) is 11.6 Å². The summed E-state index contributed by atoms with van der Waals surface area (Å²) in [6.45, 7) is 1.98. The number of hydrogen-bond acceptors (Lipinski definition) is 2. The van der Waals surface area contributed by atoms with E-state index in [2.05, 4.69) is 31.9 Å². The van der Waals surface area contributed by atoms with Gasteiger partial charge < -0.3 is 0 Å². The lowest BCUT2D eigenvalue weighted by Gasteiger charge is -2.09. The number of halogens is 3. The highest BCUT2D eigenvalue weighted by Crippen LogP contribution is 2.29. The number of rotatable bonds is 2. The van der Waals surface area contributed by atoms with Crippen LogP contribution in [0.3, 0.4) is 0 Å². The molecule has 2 rings (SSSR count). The molecule has 0 aliphatic rings. The van der Waals surface area contributed by atoms with Gasteiger partial charge in [0.05, 0.1) is 5.69 Å². The van der Waals surface area contributed by atoms with Crippen molar-refractivity contribution in [1.29, 1.82) is 0 Å². The average Bonchev–Trinajstić information content (AvgIpc) is 2.56. The van der Waals surface area contributed by atoms with Crippen molar-refractivity contribution in [2.45, 2.75) is 12.3 Å². The Labute approximate surface area is 125 Å². The van der Waals surface area contributed by atoms with Gasteiger partial charge in [0.1, 0.15) is 8.81 Å². The molecule has 0 saturated carbocycles. The van der Waals surface area contributed by atoms with Gasteiger partial charge in [0.2, 0.25) is 0 Å². The van der Waals surface area contributed by atoms with Gasteiger partial charge in [-0.05, 0) is 45.5 Å². The lowest BCUT2D eigenvalue weighted by molar-refractivity contribution is 1.08. The molecule has 1 aromatic carbocycles. The van der Waals surface area contributed by atoms with E-state index in [1.54, 1.807) is 3.96 Å². The highest BCUT2D eigenvalue weighted by molar-refractivity contribution is 9.11. The number of alkyl halides is 1. The Morgan fingerprint density at radius 3 is 2.71 bits per heavy atom. The van der Waals surface area contributed by atoms with E-state index < -0.39 is 0 Å². The molecule has 0 fully saturated rings. The molecular formula is C11H8Br2ClNOS. The molecule has 17 heavy (non-hydrogen) atoms. The van der Waals surface area contributed by atoms with E-state index in [9.17, 15) is 4.79 Å². The van der Waals surface area contributed by atoms with Crippen LogP contribution in [0.5, 0.6) is 0 Å². The van der Waals surface area contributed by atoms with Crippen LogP contribution in [0.4, 0.5) is 0 Å². The van der Waals surface area contributed by atoms with E-state index in [-0.39, 0.29) is 10.6 Å². The third-order valence-electron chi connectivity index (χ3n) is 2.38. The number of benzene rings is 1. The molecule has 0 aliphatic carbocycles. The molecule has 0 spiro atoms. The van der Waals surface area contributed by atoms with Crippen LogP contribution in [-0.4, -0.2) is 3.96 Å². The summed E-state index contributed by atoms with van der Waals surface area (Å²) < 4.78 is 2.28. The second-order valence-electron chi connectivity index (χ2n) is 3.49. The molecule has 0 atom stereocenters. The zero-order valence-electron chi connectivity index (χ0n) is 8.84. The minimum Gasteiger partial charge on any atom is -0.266 e. The third kappa shape index (κ3) is 2.38. The second-order valence-corrected chi connectivity index (χ2v) is 6.71. The Morgan fingerprint density at radius 2 is 2.18 bits per heavy atom. The molecule has 6 heteroatoms. The molecule has 0 bridgehead atoms. The fourth-order valence-electron chi connectivity index (χ4n) is 1.60. The van der Waals surface area contributed by atoms with Crippen LogP contribution in [0.25, 0.3) is 5.69 Å². The largest absolute Gasteiger partial charge is 0.285 e. The van der Waals surface area contributed by atoms with Crippen molar-refractivity contribution in [3.63, 3.8) is 0 Å². The Kier molecular flexibility index (Phi) is 4.13. The zero-order valence-corrected chi connectivity index (χ0v) is 13.6. The predicted molar refractivity (Wildman–Crippen MR) is 80.0 cm³/mol. The van der Waals surface area contributed by atoms with E-state index in [1.807, 2.05) is 25.1 Å². The van der Waals surface area contributed by atoms with Gasteiger partial charge in [-0.25, -0.2) is 3.96 Å². The highest BCUT2D eigenvalue weighted by Gasteiger charge is 2.15. The maximum Gasteiger partial charge on any atom is 0.285 e. The Bertz CT molecular complexity index is 620. The topological polar surface area (TPSA) is 22.0 Å². The summed E-state index contributed by atoms with van der Waals surface area (Å²) in [5.41, 5.74) is 2.85. The quantitative estimate of drug-likeness (QED) is 0.683. The van der Waals surface area contributed by atoms with Gasteiger partial charge in [-0.2, -0.15) is 0 Å². The van der Waals surface area contributed by atoms with E-state index in [1.165, 1.54) is 11.5 Å². The lowest BCUT2D eigenvalue weighted by atomic mass is 10.1. The fraction of sp³-hybridized carbons (Fsp3) is 0.182. The minimum absolute atomic E-state index is 0.181. The molecule has 0 aliphatic heterocycles. The molecule has 0 radical (unpaired) electrons. The molecule has 2 aromatic rings. The van der Waals surface area contributed by atoms with Crippen LogP contribution in [0, 0.1) is 6.92 Å². The van der Waals surface area contributed by atoms with Gasteiger partial charge in [0.15, 0.2) is 0 Å². The first kappa shape index (κ1) is 13.3. The SMILES string of the molecule is Cc1cccc(CBr)c1-n1sc(Br)c(Cl)c1=O. The van der Waals surface area contributed by atoms with E-state index in [0.717, 1.165) is 16.8 Å². The summed E-state index contributed by atoms with van der Waals surface area (Å²) >= 11 is 13.9. The van der Waals surface area contributed by atoms with Gasteiger partial charge in [-0.15, -0.1) is 0 Å². The van der Waals surface area contributed by atoms with E-state index in [0.29, 0.717) is 9.12 Å². The van der Waals surface area contributed by atoms with Gasteiger partial charge in [-0.3, -0.25) is 4.79 Å². The van der Waals surface area contributed by atoms with Crippen molar-refractivity contribution in [2.75, 3.05) is 0 Å². The first-order valence-corrected chi connectivity index (χ1v) is 7.85. The molecule has 1 aromatic heterocycles. The van der Waals surface area contributed by atoms with Gasteiger partial charge in [-0.1, -0.05) is 45.7 Å². The summed E-state index contributed by atoms with van der Waals surface area (Å²) in [7, 11) is 0. The van der Waals surface area contributed by atoms with Crippen LogP contribution < -0.4 is 5.56 Å². The predicted octanol–water partition coefficient (Wildman–Crippen LogP) is 4.52. The van der Waals surface area contributed by atoms with Crippen molar-refractivity contribution in [3.8, 4) is 5.69 Å². The summed E-state index contributed by atoms with van der Waals surface area (Å²) in [6, 6.07) is 5.95. The summed E-state index contributed by atoms with van der Waals surface area (Å²) in [6.07, 6.45) is 0. The summed E-state index contributed by atoms with van der Waals surface area (Å²) in [4.78, 5) is 12.0. The van der Waals surface area contributed by atoms with E-state index >= 15 is 0 Å². The third-order valence-corrected chi connectivity index (χ3v) is 5.41. The molecule has 0 unspecified atom stereocenters. The number of aryl methyl sites for hydroxylation is 1. The van der Waals surface area contributed by atoms with Crippen LogP contribution in [0.1, 0.15) is 11.1 Å². The minimum atomic E-state index is -0.181.